The van der Waals surface area contributed by atoms with Gasteiger partial charge in [0.25, 0.3) is 0 Å². The van der Waals surface area contributed by atoms with Gasteiger partial charge in [0.1, 0.15) is 5.56 Å². The number of esters is 1. The molecule has 3 aromatic rings. The second kappa shape index (κ2) is 6.31. The minimum absolute atomic E-state index is 0.106. The van der Waals surface area contributed by atoms with Crippen LogP contribution in [-0.2, 0) is 4.74 Å². The van der Waals surface area contributed by atoms with Crippen LogP contribution in [-0.4, -0.2) is 27.1 Å². The lowest BCUT2D eigenvalue weighted by Gasteiger charge is -2.11. The van der Waals surface area contributed by atoms with Gasteiger partial charge in [-0.05, 0) is 20.8 Å². The fraction of sp³-hybridized carbons (Fsp3) is 0.278. The number of carbonyl (C=O) groups excluding carboxylic acids is 1. The number of aromatic amines is 1. The molecular formula is C18H19N3O3. The predicted octanol–water partition coefficient (Wildman–Crippen LogP) is 3.15. The second-order valence-corrected chi connectivity index (χ2v) is 5.72. The number of imidazole rings is 1. The molecule has 1 N–H and O–H groups in total. The Kier molecular flexibility index (Phi) is 4.20. The van der Waals surface area contributed by atoms with Gasteiger partial charge in [-0.1, -0.05) is 30.3 Å². The molecule has 6 heteroatoms. The molecule has 0 atom stereocenters. The fourth-order valence-electron chi connectivity index (χ4n) is 2.80. The number of nitrogens with one attached hydrogen (secondary N) is 1. The lowest BCUT2D eigenvalue weighted by atomic mass is 10.1. The topological polar surface area (TPSA) is 77.0 Å². The average Bonchev–Trinajstić information content (AvgIpc) is 2.91. The third-order valence-electron chi connectivity index (χ3n) is 3.80. The van der Waals surface area contributed by atoms with Crippen LogP contribution in [0.1, 0.15) is 37.2 Å². The summed E-state index contributed by atoms with van der Waals surface area (Å²) >= 11 is 0. The van der Waals surface area contributed by atoms with Crippen LogP contribution in [0.3, 0.4) is 0 Å². The molecule has 1 aromatic carbocycles. The second-order valence-electron chi connectivity index (χ2n) is 5.72. The van der Waals surface area contributed by atoms with Gasteiger partial charge in [-0.15, -0.1) is 0 Å². The maximum atomic E-state index is 12.4. The molecule has 0 radical (unpaired) electrons. The van der Waals surface area contributed by atoms with Crippen LogP contribution in [0.15, 0.2) is 41.3 Å². The first-order chi connectivity index (χ1) is 11.5. The van der Waals surface area contributed by atoms with Crippen molar-refractivity contribution < 1.29 is 9.53 Å². The zero-order valence-corrected chi connectivity index (χ0v) is 13.9. The number of fused-ring (bicyclic) bond motifs is 1. The van der Waals surface area contributed by atoms with E-state index >= 15 is 0 Å². The molecule has 0 amide bonds. The van der Waals surface area contributed by atoms with Gasteiger partial charge in [0.15, 0.2) is 0 Å². The highest BCUT2D eigenvalue weighted by Gasteiger charge is 2.22. The van der Waals surface area contributed by atoms with E-state index in [-0.39, 0.29) is 18.3 Å². The molecule has 6 nitrogen and oxygen atoms in total. The summed E-state index contributed by atoms with van der Waals surface area (Å²) in [6, 6.07) is 9.44. The van der Waals surface area contributed by atoms with Gasteiger partial charge in [0.2, 0.25) is 0 Å². The van der Waals surface area contributed by atoms with E-state index < -0.39 is 5.97 Å². The highest BCUT2D eigenvalue weighted by atomic mass is 16.5. The normalized spacial score (nSPS) is 11.2. The summed E-state index contributed by atoms with van der Waals surface area (Å²) in [5.41, 5.74) is 2.60. The quantitative estimate of drug-likeness (QED) is 0.748. The molecule has 2 heterocycles. The number of hydrogen-bond donors (Lipinski definition) is 1. The van der Waals surface area contributed by atoms with Crippen LogP contribution < -0.4 is 5.69 Å². The minimum Gasteiger partial charge on any atom is -0.462 e. The van der Waals surface area contributed by atoms with E-state index in [1.54, 1.807) is 11.5 Å². The van der Waals surface area contributed by atoms with Gasteiger partial charge in [0, 0.05) is 17.8 Å². The number of carbonyl (C=O) groups is 1. The van der Waals surface area contributed by atoms with Gasteiger partial charge < -0.3 is 9.72 Å². The van der Waals surface area contributed by atoms with Crippen LogP contribution >= 0.6 is 0 Å². The molecule has 0 unspecified atom stereocenters. The summed E-state index contributed by atoms with van der Waals surface area (Å²) in [5, 5.41) is 0. The van der Waals surface area contributed by atoms with Crippen molar-refractivity contribution in [3.63, 3.8) is 0 Å². The van der Waals surface area contributed by atoms with Gasteiger partial charge >= 0.3 is 11.7 Å². The average molecular weight is 325 g/mol. The third kappa shape index (κ3) is 2.60. The van der Waals surface area contributed by atoms with Crippen LogP contribution in [0, 0.1) is 0 Å². The number of ether oxygens (including phenoxy) is 1. The third-order valence-corrected chi connectivity index (χ3v) is 3.80. The predicted molar refractivity (Wildman–Crippen MR) is 92.1 cm³/mol. The summed E-state index contributed by atoms with van der Waals surface area (Å²) in [7, 11) is 0. The highest BCUT2D eigenvalue weighted by Crippen LogP contribution is 2.28. The van der Waals surface area contributed by atoms with Crippen LogP contribution in [0.5, 0.6) is 0 Å². The fourth-order valence-corrected chi connectivity index (χ4v) is 2.80. The maximum Gasteiger partial charge on any atom is 0.341 e. The van der Waals surface area contributed by atoms with Gasteiger partial charge in [-0.2, -0.15) is 0 Å². The Labute approximate surface area is 139 Å². The van der Waals surface area contributed by atoms with E-state index in [4.69, 9.17) is 4.74 Å². The van der Waals surface area contributed by atoms with Crippen LogP contribution in [0.4, 0.5) is 0 Å². The smallest absolute Gasteiger partial charge is 0.341 e. The van der Waals surface area contributed by atoms with Crippen LogP contribution in [0.25, 0.3) is 22.3 Å². The molecule has 24 heavy (non-hydrogen) atoms. The lowest BCUT2D eigenvalue weighted by molar-refractivity contribution is 0.0527. The molecule has 124 valence electrons. The van der Waals surface area contributed by atoms with E-state index in [0.29, 0.717) is 22.3 Å². The molecule has 0 aliphatic heterocycles. The van der Waals surface area contributed by atoms with E-state index in [1.807, 2.05) is 44.2 Å². The first-order valence-corrected chi connectivity index (χ1v) is 7.90. The summed E-state index contributed by atoms with van der Waals surface area (Å²) in [4.78, 5) is 32.0. The molecule has 0 aliphatic rings. The minimum atomic E-state index is -0.483. The Hall–Kier alpha value is -2.89. The SMILES string of the molecule is CCOC(=O)c1cnc(-c2ccccc2)c2[nH]c(=O)n(C(C)C)c12. The Morgan fingerprint density at radius 1 is 1.29 bits per heavy atom. The molecule has 0 aliphatic carbocycles. The number of pyridine rings is 1. The number of H-pyrrole nitrogens is 1. The molecule has 0 fully saturated rings. The largest absolute Gasteiger partial charge is 0.462 e. The van der Waals surface area contributed by atoms with Crippen molar-refractivity contribution in [2.24, 2.45) is 0 Å². The summed E-state index contributed by atoms with van der Waals surface area (Å²) in [6.45, 7) is 5.79. The Balaban J connectivity index is 2.36. The first-order valence-electron chi connectivity index (χ1n) is 7.90. The van der Waals surface area contributed by atoms with Crippen molar-refractivity contribution >= 4 is 17.0 Å². The molecule has 2 aromatic heterocycles. The van der Waals surface area contributed by atoms with Crippen molar-refractivity contribution in [1.29, 1.82) is 0 Å². The summed E-state index contributed by atoms with van der Waals surface area (Å²) in [6.07, 6.45) is 1.48. The van der Waals surface area contributed by atoms with Gasteiger partial charge in [-0.25, -0.2) is 9.59 Å². The summed E-state index contributed by atoms with van der Waals surface area (Å²) in [5.74, 6) is -0.483. The van der Waals surface area contributed by atoms with Gasteiger partial charge in [0.05, 0.1) is 23.3 Å². The molecule has 0 saturated heterocycles. The first kappa shape index (κ1) is 16.0. The zero-order chi connectivity index (χ0) is 17.3. The molecule has 3 rings (SSSR count). The number of aromatic nitrogens is 3. The van der Waals surface area contributed by atoms with Gasteiger partial charge in [-0.3, -0.25) is 9.55 Å². The number of hydrogen-bond acceptors (Lipinski definition) is 4. The van der Waals surface area contributed by atoms with E-state index in [2.05, 4.69) is 9.97 Å². The number of nitrogens with zero attached hydrogens (tertiary/aromatic N) is 2. The Morgan fingerprint density at radius 3 is 2.62 bits per heavy atom. The number of benzene rings is 1. The van der Waals surface area contributed by atoms with E-state index in [0.717, 1.165) is 5.56 Å². The van der Waals surface area contributed by atoms with Crippen molar-refractivity contribution in [2.45, 2.75) is 26.8 Å². The Morgan fingerprint density at radius 2 is 2.00 bits per heavy atom. The van der Waals surface area contributed by atoms with E-state index in [1.165, 1.54) is 6.20 Å². The standard InChI is InChI=1S/C18H19N3O3/c1-4-24-17(22)13-10-19-14(12-8-6-5-7-9-12)15-16(13)21(11(2)3)18(23)20-15/h5-11H,4H2,1-3H3,(H,20,23). The van der Waals surface area contributed by atoms with Crippen LogP contribution in [0.2, 0.25) is 0 Å². The van der Waals surface area contributed by atoms with Crippen molar-refractivity contribution in [1.82, 2.24) is 14.5 Å². The Bertz CT molecular complexity index is 939. The highest BCUT2D eigenvalue weighted by molar-refractivity contribution is 6.05. The van der Waals surface area contributed by atoms with Crippen molar-refractivity contribution in [3.8, 4) is 11.3 Å². The zero-order valence-electron chi connectivity index (χ0n) is 13.9. The summed E-state index contributed by atoms with van der Waals surface area (Å²) < 4.78 is 6.68. The molecule has 0 saturated carbocycles. The lowest BCUT2D eigenvalue weighted by Crippen LogP contribution is -2.19. The molecule has 0 spiro atoms. The molecule has 0 bridgehead atoms. The molecular weight excluding hydrogens is 306 g/mol. The van der Waals surface area contributed by atoms with E-state index in [9.17, 15) is 9.59 Å². The monoisotopic (exact) mass is 325 g/mol. The number of rotatable bonds is 4. The van der Waals surface area contributed by atoms with Crippen molar-refractivity contribution in [3.05, 3.63) is 52.6 Å². The van der Waals surface area contributed by atoms with Crippen molar-refractivity contribution in [2.75, 3.05) is 6.61 Å². The maximum absolute atomic E-state index is 12.4.